The summed E-state index contributed by atoms with van der Waals surface area (Å²) < 4.78 is 7.55. The molecule has 150 valence electrons. The van der Waals surface area contributed by atoms with Gasteiger partial charge in [0.15, 0.2) is 5.69 Å². The monoisotopic (exact) mass is 400 g/mol. The number of nitrogens with zero attached hydrogens (tertiary/aromatic N) is 1. The van der Waals surface area contributed by atoms with E-state index >= 15 is 0 Å². The van der Waals surface area contributed by atoms with Crippen molar-refractivity contribution in [3.05, 3.63) is 52.7 Å². The number of aromatic nitrogens is 1. The van der Waals surface area contributed by atoms with E-state index in [9.17, 15) is 9.59 Å². The van der Waals surface area contributed by atoms with Gasteiger partial charge >= 0.3 is 5.97 Å². The highest BCUT2D eigenvalue weighted by Crippen LogP contribution is 2.31. The highest BCUT2D eigenvalue weighted by atomic mass is 32.2. The molecule has 0 unspecified atom stereocenters. The van der Waals surface area contributed by atoms with Crippen molar-refractivity contribution in [3.8, 4) is 11.3 Å². The third-order valence-electron chi connectivity index (χ3n) is 4.74. The Kier molecular flexibility index (Phi) is 8.24. The summed E-state index contributed by atoms with van der Waals surface area (Å²) in [4.78, 5) is 26.1. The predicted molar refractivity (Wildman–Crippen MR) is 115 cm³/mol. The number of esters is 1. The fraction of sp³-hybridized carbons (Fsp3) is 0.435. The summed E-state index contributed by atoms with van der Waals surface area (Å²) in [5.74, 6) is 0.338. The van der Waals surface area contributed by atoms with Gasteiger partial charge in [0.25, 0.3) is 0 Å². The summed E-state index contributed by atoms with van der Waals surface area (Å²) in [6, 6.07) is 9.90. The number of ether oxygens (including phenoxy) is 1. The van der Waals surface area contributed by atoms with Gasteiger partial charge in [0.05, 0.1) is 12.2 Å². The zero-order chi connectivity index (χ0) is 20.7. The normalized spacial score (nSPS) is 10.8. The standard InChI is InChI=1S/C23H30NO3S/c1-6-17-19(23(26)28-10-5)18(7-2)24(8-3)21(16-14-12-11-13-15-16)20(17)22(25)27-9-4/h11-15H,6-10H2,1-5H3/q+1. The van der Waals surface area contributed by atoms with E-state index in [0.717, 1.165) is 28.9 Å². The minimum Gasteiger partial charge on any atom is -0.462 e. The molecule has 0 radical (unpaired) electrons. The van der Waals surface area contributed by atoms with E-state index in [1.54, 1.807) is 6.92 Å². The van der Waals surface area contributed by atoms with Crippen molar-refractivity contribution in [1.29, 1.82) is 0 Å². The zero-order valence-electron chi connectivity index (χ0n) is 17.5. The maximum absolute atomic E-state index is 13.1. The number of hydrogen-bond acceptors (Lipinski definition) is 4. The van der Waals surface area contributed by atoms with Gasteiger partial charge in [0.1, 0.15) is 12.1 Å². The number of carbonyl (C=O) groups is 2. The van der Waals surface area contributed by atoms with Crippen molar-refractivity contribution in [2.75, 3.05) is 12.4 Å². The van der Waals surface area contributed by atoms with Crippen molar-refractivity contribution in [2.24, 2.45) is 0 Å². The molecule has 0 N–H and O–H groups in total. The molecule has 0 fully saturated rings. The SMILES string of the molecule is CCOC(=O)c1c(CC)c(C(=O)SCC)c(CC)[n+](CC)c1-c1ccccc1. The molecule has 0 spiro atoms. The molecule has 1 aromatic carbocycles. The van der Waals surface area contributed by atoms with E-state index in [0.29, 0.717) is 36.5 Å². The van der Waals surface area contributed by atoms with Crippen LogP contribution in [-0.2, 0) is 24.1 Å². The maximum atomic E-state index is 13.1. The fourth-order valence-electron chi connectivity index (χ4n) is 3.68. The number of rotatable bonds is 8. The van der Waals surface area contributed by atoms with Gasteiger partial charge in [0, 0.05) is 12.0 Å². The van der Waals surface area contributed by atoms with Crippen molar-refractivity contribution < 1.29 is 18.9 Å². The fourth-order valence-corrected chi connectivity index (χ4v) is 4.33. The van der Waals surface area contributed by atoms with Gasteiger partial charge in [-0.15, -0.1) is 0 Å². The Balaban J connectivity index is 3.01. The Morgan fingerprint density at radius 3 is 2.14 bits per heavy atom. The summed E-state index contributed by atoms with van der Waals surface area (Å²) in [6.45, 7) is 10.8. The van der Waals surface area contributed by atoms with Crippen LogP contribution in [0.2, 0.25) is 0 Å². The van der Waals surface area contributed by atoms with E-state index in [4.69, 9.17) is 4.74 Å². The molecule has 0 amide bonds. The van der Waals surface area contributed by atoms with Crippen molar-refractivity contribution >= 4 is 22.8 Å². The molecular formula is C23H30NO3S+. The number of benzene rings is 1. The predicted octanol–water partition coefficient (Wildman–Crippen LogP) is 4.86. The van der Waals surface area contributed by atoms with E-state index in [1.165, 1.54) is 11.8 Å². The lowest BCUT2D eigenvalue weighted by molar-refractivity contribution is -0.690. The second kappa shape index (κ2) is 10.4. The van der Waals surface area contributed by atoms with Gasteiger partial charge in [0.2, 0.25) is 10.8 Å². The molecule has 0 aliphatic carbocycles. The van der Waals surface area contributed by atoms with Crippen LogP contribution in [-0.4, -0.2) is 23.4 Å². The molecule has 0 saturated heterocycles. The number of thioether (sulfide) groups is 1. The second-order valence-corrected chi connectivity index (χ2v) is 7.52. The molecule has 0 bridgehead atoms. The maximum Gasteiger partial charge on any atom is 0.345 e. The van der Waals surface area contributed by atoms with E-state index < -0.39 is 0 Å². The molecule has 2 aromatic rings. The van der Waals surface area contributed by atoms with E-state index in [-0.39, 0.29) is 11.1 Å². The summed E-state index contributed by atoms with van der Waals surface area (Å²) >= 11 is 1.29. The molecule has 2 rings (SSSR count). The first-order chi connectivity index (χ1) is 13.5. The second-order valence-electron chi connectivity index (χ2n) is 6.28. The van der Waals surface area contributed by atoms with Crippen LogP contribution in [0.25, 0.3) is 11.3 Å². The van der Waals surface area contributed by atoms with E-state index in [1.807, 2.05) is 51.1 Å². The Bertz CT molecular complexity index is 847. The minimum absolute atomic E-state index is 0.0311. The largest absolute Gasteiger partial charge is 0.462 e. The Morgan fingerprint density at radius 2 is 1.64 bits per heavy atom. The van der Waals surface area contributed by atoms with Crippen molar-refractivity contribution in [3.63, 3.8) is 0 Å². The van der Waals surface area contributed by atoms with Gasteiger partial charge in [-0.2, -0.15) is 4.57 Å². The molecule has 4 nitrogen and oxygen atoms in total. The summed E-state index contributed by atoms with van der Waals surface area (Å²) in [6.07, 6.45) is 1.31. The van der Waals surface area contributed by atoms with Crippen LogP contribution in [0.1, 0.15) is 66.6 Å². The first-order valence-electron chi connectivity index (χ1n) is 10.1. The lowest BCUT2D eigenvalue weighted by atomic mass is 9.92. The van der Waals surface area contributed by atoms with Crippen LogP contribution in [0.5, 0.6) is 0 Å². The smallest absolute Gasteiger partial charge is 0.345 e. The molecule has 1 heterocycles. The third-order valence-corrected chi connectivity index (χ3v) is 5.49. The number of carbonyl (C=O) groups excluding carboxylic acids is 2. The topological polar surface area (TPSA) is 47.3 Å². The zero-order valence-corrected chi connectivity index (χ0v) is 18.3. The third kappa shape index (κ3) is 4.30. The average Bonchev–Trinajstić information content (AvgIpc) is 2.72. The van der Waals surface area contributed by atoms with Gasteiger partial charge in [-0.05, 0) is 43.7 Å². The molecule has 1 aromatic heterocycles. The molecule has 28 heavy (non-hydrogen) atoms. The summed E-state index contributed by atoms with van der Waals surface area (Å²) in [5.41, 5.74) is 4.78. The van der Waals surface area contributed by atoms with E-state index in [2.05, 4.69) is 11.5 Å². The highest BCUT2D eigenvalue weighted by molar-refractivity contribution is 8.14. The summed E-state index contributed by atoms with van der Waals surface area (Å²) in [7, 11) is 0. The lowest BCUT2D eigenvalue weighted by Crippen LogP contribution is -2.44. The molecule has 0 atom stereocenters. The van der Waals surface area contributed by atoms with Gasteiger partial charge in [-0.25, -0.2) is 4.79 Å². The molecule has 0 aliphatic rings. The average molecular weight is 401 g/mol. The van der Waals surface area contributed by atoms with Crippen molar-refractivity contribution in [1.82, 2.24) is 0 Å². The van der Waals surface area contributed by atoms with Crippen LogP contribution in [0.15, 0.2) is 30.3 Å². The molecular weight excluding hydrogens is 370 g/mol. The molecule has 0 aliphatic heterocycles. The van der Waals surface area contributed by atoms with Crippen LogP contribution in [0.3, 0.4) is 0 Å². The van der Waals surface area contributed by atoms with Gasteiger partial charge < -0.3 is 4.74 Å². The quantitative estimate of drug-likeness (QED) is 0.469. The molecule has 0 saturated carbocycles. The van der Waals surface area contributed by atoms with Crippen LogP contribution in [0.4, 0.5) is 0 Å². The Labute approximate surface area is 172 Å². The first kappa shape index (κ1) is 22.2. The van der Waals surface area contributed by atoms with Crippen LogP contribution in [0, 0.1) is 0 Å². The highest BCUT2D eigenvalue weighted by Gasteiger charge is 2.35. The summed E-state index contributed by atoms with van der Waals surface area (Å²) in [5, 5.41) is 0.0311. The Hall–Kier alpha value is -2.14. The van der Waals surface area contributed by atoms with Gasteiger partial charge in [-0.1, -0.05) is 50.7 Å². The molecule has 5 heteroatoms. The number of hydrogen-bond donors (Lipinski definition) is 0. The van der Waals surface area contributed by atoms with Gasteiger partial charge in [-0.3, -0.25) is 4.79 Å². The van der Waals surface area contributed by atoms with Crippen LogP contribution >= 0.6 is 11.8 Å². The number of pyridine rings is 1. The Morgan fingerprint density at radius 1 is 0.964 bits per heavy atom. The minimum atomic E-state index is -0.362. The van der Waals surface area contributed by atoms with Crippen LogP contribution < -0.4 is 4.57 Å². The first-order valence-corrected chi connectivity index (χ1v) is 11.0. The lowest BCUT2D eigenvalue weighted by Gasteiger charge is -2.19. The van der Waals surface area contributed by atoms with Crippen molar-refractivity contribution in [2.45, 2.75) is 54.0 Å².